The highest BCUT2D eigenvalue weighted by atomic mass is 16.5. The number of ether oxygens (including phenoxy) is 2. The number of rotatable bonds is 4. The molecule has 0 saturated carbocycles. The first-order valence-corrected chi connectivity index (χ1v) is 3.79. The summed E-state index contributed by atoms with van der Waals surface area (Å²) in [6.07, 6.45) is 0. The van der Waals surface area contributed by atoms with Crippen molar-refractivity contribution >= 4 is 0 Å². The van der Waals surface area contributed by atoms with Crippen molar-refractivity contribution in [2.24, 2.45) is 0 Å². The van der Waals surface area contributed by atoms with Gasteiger partial charge < -0.3 is 9.47 Å². The molecule has 1 aliphatic rings. The molecule has 1 fully saturated rings. The van der Waals surface area contributed by atoms with Crippen LogP contribution in [0.2, 0.25) is 0 Å². The Morgan fingerprint density at radius 2 is 1.45 bits per heavy atom. The van der Waals surface area contributed by atoms with E-state index in [0.717, 1.165) is 33.2 Å². The van der Waals surface area contributed by atoms with Crippen LogP contribution in [0.25, 0.3) is 0 Å². The molecule has 0 atom stereocenters. The minimum atomic E-state index is 0.722. The molecule has 4 heteroatoms. The van der Waals surface area contributed by atoms with Crippen LogP contribution in [0.3, 0.4) is 0 Å². The van der Waals surface area contributed by atoms with E-state index in [9.17, 15) is 0 Å². The third-order valence-electron chi connectivity index (χ3n) is 1.76. The van der Waals surface area contributed by atoms with Crippen molar-refractivity contribution in [3.8, 4) is 0 Å². The predicted molar refractivity (Wildman–Crippen MR) is 42.0 cm³/mol. The van der Waals surface area contributed by atoms with Gasteiger partial charge in [-0.25, -0.2) is 0 Å². The maximum absolute atomic E-state index is 5.01. The van der Waals surface area contributed by atoms with E-state index < -0.39 is 0 Å². The van der Waals surface area contributed by atoms with Crippen LogP contribution in [0.5, 0.6) is 0 Å². The number of hydrogen-bond acceptors (Lipinski definition) is 4. The quantitative estimate of drug-likeness (QED) is 0.567. The SMILES string of the molecule is COCN1CCN(COC)C1. The Kier molecular flexibility index (Phi) is 3.79. The summed E-state index contributed by atoms with van der Waals surface area (Å²) in [5.74, 6) is 0. The molecule has 0 unspecified atom stereocenters. The van der Waals surface area contributed by atoms with Crippen molar-refractivity contribution in [1.82, 2.24) is 9.80 Å². The van der Waals surface area contributed by atoms with Gasteiger partial charge in [0.25, 0.3) is 0 Å². The normalized spacial score (nSPS) is 21.3. The summed E-state index contributed by atoms with van der Waals surface area (Å²) in [7, 11) is 3.44. The van der Waals surface area contributed by atoms with E-state index in [1.807, 2.05) is 0 Å². The summed E-state index contributed by atoms with van der Waals surface area (Å²) < 4.78 is 10.0. The lowest BCUT2D eigenvalue weighted by atomic mass is 10.6. The molecule has 1 rings (SSSR count). The zero-order valence-electron chi connectivity index (χ0n) is 7.25. The lowest BCUT2D eigenvalue weighted by Gasteiger charge is -2.15. The van der Waals surface area contributed by atoms with Crippen molar-refractivity contribution in [2.75, 3.05) is 47.4 Å². The second kappa shape index (κ2) is 4.66. The molecule has 0 radical (unpaired) electrons. The molecule has 0 bridgehead atoms. The predicted octanol–water partition coefficient (Wildman–Crippen LogP) is -0.231. The summed E-state index contributed by atoms with van der Waals surface area (Å²) in [5, 5.41) is 0. The lowest BCUT2D eigenvalue weighted by molar-refractivity contribution is 0.0360. The average Bonchev–Trinajstić information content (AvgIpc) is 2.38. The van der Waals surface area contributed by atoms with Crippen LogP contribution in [0.4, 0.5) is 0 Å². The van der Waals surface area contributed by atoms with Gasteiger partial charge in [0.2, 0.25) is 0 Å². The molecule has 1 heterocycles. The number of nitrogens with zero attached hydrogens (tertiary/aromatic N) is 2. The first-order valence-electron chi connectivity index (χ1n) is 3.79. The third kappa shape index (κ3) is 2.75. The zero-order valence-corrected chi connectivity index (χ0v) is 7.25. The van der Waals surface area contributed by atoms with E-state index in [2.05, 4.69) is 9.80 Å². The van der Waals surface area contributed by atoms with E-state index in [0.29, 0.717) is 0 Å². The summed E-state index contributed by atoms with van der Waals surface area (Å²) in [6, 6.07) is 0. The molecule has 0 N–H and O–H groups in total. The van der Waals surface area contributed by atoms with Crippen LogP contribution in [0, 0.1) is 0 Å². The van der Waals surface area contributed by atoms with Crippen LogP contribution >= 0.6 is 0 Å². The van der Waals surface area contributed by atoms with Gasteiger partial charge in [-0.1, -0.05) is 0 Å². The fraction of sp³-hybridized carbons (Fsp3) is 1.00. The van der Waals surface area contributed by atoms with Gasteiger partial charge in [-0.2, -0.15) is 0 Å². The minimum Gasteiger partial charge on any atom is -0.369 e. The van der Waals surface area contributed by atoms with E-state index >= 15 is 0 Å². The van der Waals surface area contributed by atoms with Gasteiger partial charge in [0.05, 0.1) is 20.1 Å². The van der Waals surface area contributed by atoms with Crippen molar-refractivity contribution < 1.29 is 9.47 Å². The zero-order chi connectivity index (χ0) is 8.10. The largest absolute Gasteiger partial charge is 0.369 e. The van der Waals surface area contributed by atoms with Crippen molar-refractivity contribution in [2.45, 2.75) is 0 Å². The summed E-state index contributed by atoms with van der Waals surface area (Å²) in [4.78, 5) is 4.47. The van der Waals surface area contributed by atoms with Crippen molar-refractivity contribution in [3.63, 3.8) is 0 Å². The van der Waals surface area contributed by atoms with E-state index in [1.54, 1.807) is 14.2 Å². The molecule has 1 aliphatic heterocycles. The molecule has 1 saturated heterocycles. The summed E-state index contributed by atoms with van der Waals surface area (Å²) in [6.45, 7) is 4.57. The van der Waals surface area contributed by atoms with Crippen LogP contribution in [-0.2, 0) is 9.47 Å². The molecular weight excluding hydrogens is 144 g/mol. The van der Waals surface area contributed by atoms with Gasteiger partial charge in [-0.15, -0.1) is 0 Å². The molecular formula is C7H16N2O2. The van der Waals surface area contributed by atoms with Gasteiger partial charge in [0.15, 0.2) is 0 Å². The average molecular weight is 160 g/mol. The number of hydrogen-bond donors (Lipinski definition) is 0. The topological polar surface area (TPSA) is 24.9 Å². The standard InChI is InChI=1S/C7H16N2O2/c1-10-6-8-3-4-9(5-8)7-11-2/h3-7H2,1-2H3. The van der Waals surface area contributed by atoms with Gasteiger partial charge in [-0.3, -0.25) is 9.80 Å². The van der Waals surface area contributed by atoms with Gasteiger partial charge in [0, 0.05) is 27.3 Å². The first kappa shape index (κ1) is 8.93. The second-order valence-corrected chi connectivity index (χ2v) is 2.77. The molecule has 0 aromatic heterocycles. The van der Waals surface area contributed by atoms with Crippen LogP contribution < -0.4 is 0 Å². The monoisotopic (exact) mass is 160 g/mol. The maximum Gasteiger partial charge on any atom is 0.0997 e. The molecule has 0 aliphatic carbocycles. The molecule has 0 aromatic carbocycles. The Labute approximate surface area is 67.7 Å². The van der Waals surface area contributed by atoms with Gasteiger partial charge in [-0.05, 0) is 0 Å². The highest BCUT2D eigenvalue weighted by molar-refractivity contribution is 4.65. The molecule has 66 valence electrons. The van der Waals surface area contributed by atoms with E-state index in [1.165, 1.54) is 0 Å². The number of methoxy groups -OCH3 is 2. The van der Waals surface area contributed by atoms with Crippen molar-refractivity contribution in [1.29, 1.82) is 0 Å². The van der Waals surface area contributed by atoms with Gasteiger partial charge >= 0.3 is 0 Å². The maximum atomic E-state index is 5.01. The first-order chi connectivity index (χ1) is 5.36. The summed E-state index contributed by atoms with van der Waals surface area (Å²) >= 11 is 0. The van der Waals surface area contributed by atoms with Crippen molar-refractivity contribution in [3.05, 3.63) is 0 Å². The molecule has 4 nitrogen and oxygen atoms in total. The molecule has 11 heavy (non-hydrogen) atoms. The molecule has 0 amide bonds. The minimum absolute atomic E-state index is 0.722. The summed E-state index contributed by atoms with van der Waals surface area (Å²) in [5.41, 5.74) is 0. The second-order valence-electron chi connectivity index (χ2n) is 2.77. The van der Waals surface area contributed by atoms with Crippen LogP contribution in [0.1, 0.15) is 0 Å². The Balaban J connectivity index is 2.12. The Bertz CT molecular complexity index is 98.6. The smallest absolute Gasteiger partial charge is 0.0997 e. The Morgan fingerprint density at radius 1 is 1.00 bits per heavy atom. The molecule has 0 aromatic rings. The van der Waals surface area contributed by atoms with Crippen LogP contribution in [-0.4, -0.2) is 57.2 Å². The fourth-order valence-corrected chi connectivity index (χ4v) is 1.28. The Morgan fingerprint density at radius 3 is 1.82 bits per heavy atom. The van der Waals surface area contributed by atoms with Crippen LogP contribution in [0.15, 0.2) is 0 Å². The fourth-order valence-electron chi connectivity index (χ4n) is 1.28. The van der Waals surface area contributed by atoms with Gasteiger partial charge in [0.1, 0.15) is 0 Å². The lowest BCUT2D eigenvalue weighted by Crippen LogP contribution is -2.28. The van der Waals surface area contributed by atoms with E-state index in [4.69, 9.17) is 9.47 Å². The molecule has 0 spiro atoms. The van der Waals surface area contributed by atoms with E-state index in [-0.39, 0.29) is 0 Å². The Hall–Kier alpha value is -0.160. The third-order valence-corrected chi connectivity index (χ3v) is 1.76. The highest BCUT2D eigenvalue weighted by Crippen LogP contribution is 2.02. The highest BCUT2D eigenvalue weighted by Gasteiger charge is 2.18.